The zero-order valence-corrected chi connectivity index (χ0v) is 17.2. The van der Waals surface area contributed by atoms with Gasteiger partial charge < -0.3 is 5.32 Å². The number of carbonyl (C=O) groups is 1. The van der Waals surface area contributed by atoms with Crippen LogP contribution in [0.1, 0.15) is 44.4 Å². The maximum absolute atomic E-state index is 12.9. The molecular weight excluding hydrogens is 360 g/mol. The molecule has 0 spiro atoms. The van der Waals surface area contributed by atoms with Gasteiger partial charge in [0.2, 0.25) is 15.9 Å². The fourth-order valence-corrected chi connectivity index (χ4v) is 4.28. The van der Waals surface area contributed by atoms with Crippen molar-refractivity contribution in [1.82, 2.24) is 5.32 Å². The second kappa shape index (κ2) is 9.04. The smallest absolute Gasteiger partial charge is 0.244 e. The first-order valence-corrected chi connectivity index (χ1v) is 11.1. The number of carbonyl (C=O) groups excluding carboxylic acids is 1. The molecule has 0 aliphatic carbocycles. The van der Waals surface area contributed by atoms with Crippen LogP contribution in [0.2, 0.25) is 0 Å². The Bertz CT molecular complexity index is 849. The molecule has 1 N–H and O–H groups in total. The van der Waals surface area contributed by atoms with Crippen LogP contribution in [0.15, 0.2) is 54.6 Å². The van der Waals surface area contributed by atoms with Crippen molar-refractivity contribution in [3.63, 3.8) is 0 Å². The quantitative estimate of drug-likeness (QED) is 0.750. The fraction of sp³-hybridized carbons (Fsp3) is 0.381. The molecule has 0 unspecified atom stereocenters. The fourth-order valence-electron chi connectivity index (χ4n) is 3.07. The molecule has 27 heavy (non-hydrogen) atoms. The Hall–Kier alpha value is -2.34. The lowest BCUT2D eigenvalue weighted by molar-refractivity contribution is -0.122. The maximum Gasteiger partial charge on any atom is 0.244 e. The van der Waals surface area contributed by atoms with Crippen LogP contribution in [0.25, 0.3) is 0 Å². The summed E-state index contributed by atoms with van der Waals surface area (Å²) in [5.41, 5.74) is 2.71. The largest absolute Gasteiger partial charge is 0.348 e. The first kappa shape index (κ1) is 21.0. The van der Waals surface area contributed by atoms with Crippen LogP contribution in [0.4, 0.5) is 5.69 Å². The molecule has 6 heteroatoms. The summed E-state index contributed by atoms with van der Waals surface area (Å²) in [6.07, 6.45) is 2.46. The highest BCUT2D eigenvalue weighted by Crippen LogP contribution is 2.23. The van der Waals surface area contributed by atoms with Crippen LogP contribution in [-0.2, 0) is 21.2 Å². The van der Waals surface area contributed by atoms with E-state index in [1.165, 1.54) is 9.87 Å². The number of benzene rings is 2. The molecule has 0 aliphatic heterocycles. The Morgan fingerprint density at radius 1 is 1.04 bits per heavy atom. The zero-order valence-electron chi connectivity index (χ0n) is 16.3. The monoisotopic (exact) mass is 388 g/mol. The molecule has 146 valence electrons. The Labute approximate surface area is 162 Å². The number of para-hydroxylation sites is 1. The Balaban J connectivity index is 2.24. The highest BCUT2D eigenvalue weighted by molar-refractivity contribution is 7.92. The van der Waals surface area contributed by atoms with Gasteiger partial charge in [0, 0.05) is 0 Å². The molecule has 1 amide bonds. The van der Waals surface area contributed by atoms with Crippen molar-refractivity contribution in [2.24, 2.45) is 0 Å². The van der Waals surface area contributed by atoms with Crippen molar-refractivity contribution in [2.45, 2.75) is 45.7 Å². The van der Waals surface area contributed by atoms with E-state index in [9.17, 15) is 13.2 Å². The highest BCUT2D eigenvalue weighted by Gasteiger charge is 2.32. The van der Waals surface area contributed by atoms with Crippen molar-refractivity contribution in [2.75, 3.05) is 10.6 Å². The van der Waals surface area contributed by atoms with Gasteiger partial charge >= 0.3 is 0 Å². The number of hydrogen-bond donors (Lipinski definition) is 1. The van der Waals surface area contributed by atoms with E-state index in [0.717, 1.165) is 18.2 Å². The zero-order chi connectivity index (χ0) is 20.0. The van der Waals surface area contributed by atoms with Crippen LogP contribution in [0.3, 0.4) is 0 Å². The second-order valence-corrected chi connectivity index (χ2v) is 8.50. The molecule has 0 bridgehead atoms. The summed E-state index contributed by atoms with van der Waals surface area (Å²) in [6, 6.07) is 15.8. The number of amides is 1. The standard InChI is InChI=1S/C21H28N2O3S/c1-5-17-12-14-18(15-13-17)16(3)22-21(24)20(6-2)23(27(4,25)26)19-10-8-7-9-11-19/h7-16,20H,5-6H2,1-4H3,(H,22,24)/t16-,20+/m1/s1. The lowest BCUT2D eigenvalue weighted by Crippen LogP contribution is -2.49. The number of anilines is 1. The van der Waals surface area contributed by atoms with Crippen LogP contribution < -0.4 is 9.62 Å². The summed E-state index contributed by atoms with van der Waals surface area (Å²) in [7, 11) is -3.61. The molecule has 5 nitrogen and oxygen atoms in total. The van der Waals surface area contributed by atoms with Gasteiger partial charge in [0.05, 0.1) is 18.0 Å². The molecule has 2 atom stereocenters. The van der Waals surface area contributed by atoms with E-state index in [1.807, 2.05) is 44.2 Å². The van der Waals surface area contributed by atoms with Crippen LogP contribution >= 0.6 is 0 Å². The average Bonchev–Trinajstić information content (AvgIpc) is 2.65. The SMILES string of the molecule is CCc1ccc([C@@H](C)NC(=O)[C@H](CC)N(c2ccccc2)S(C)(=O)=O)cc1. The summed E-state index contributed by atoms with van der Waals surface area (Å²) in [5, 5.41) is 2.96. The predicted octanol–water partition coefficient (Wildman–Crippen LogP) is 3.67. The van der Waals surface area contributed by atoms with Gasteiger partial charge in [-0.05, 0) is 43.0 Å². The van der Waals surface area contributed by atoms with Crippen LogP contribution in [-0.4, -0.2) is 26.6 Å². The lowest BCUT2D eigenvalue weighted by atomic mass is 10.0. The van der Waals surface area contributed by atoms with E-state index in [2.05, 4.69) is 12.2 Å². The minimum absolute atomic E-state index is 0.213. The number of sulfonamides is 1. The molecular formula is C21H28N2O3S. The van der Waals surface area contributed by atoms with Crippen LogP contribution in [0.5, 0.6) is 0 Å². The van der Waals surface area contributed by atoms with Gasteiger partial charge in [-0.15, -0.1) is 0 Å². The van der Waals surface area contributed by atoms with E-state index < -0.39 is 16.1 Å². The van der Waals surface area contributed by atoms with Gasteiger partial charge in [-0.2, -0.15) is 0 Å². The Morgan fingerprint density at radius 3 is 2.11 bits per heavy atom. The second-order valence-electron chi connectivity index (χ2n) is 6.64. The van der Waals surface area contributed by atoms with Crippen molar-refractivity contribution < 1.29 is 13.2 Å². The third-order valence-corrected chi connectivity index (χ3v) is 5.77. The van der Waals surface area contributed by atoms with Crippen molar-refractivity contribution in [3.05, 3.63) is 65.7 Å². The van der Waals surface area contributed by atoms with Crippen molar-refractivity contribution in [3.8, 4) is 0 Å². The first-order valence-electron chi connectivity index (χ1n) is 9.21. The normalized spacial score (nSPS) is 13.6. The molecule has 0 saturated heterocycles. The number of rotatable bonds is 8. The predicted molar refractivity (Wildman–Crippen MR) is 110 cm³/mol. The maximum atomic E-state index is 12.9. The molecule has 0 saturated carbocycles. The minimum atomic E-state index is -3.61. The average molecular weight is 389 g/mol. The molecule has 0 heterocycles. The first-order chi connectivity index (χ1) is 12.8. The van der Waals surface area contributed by atoms with Gasteiger partial charge in [0.1, 0.15) is 6.04 Å². The molecule has 2 aromatic rings. The highest BCUT2D eigenvalue weighted by atomic mass is 32.2. The van der Waals surface area contributed by atoms with Crippen LogP contribution in [0, 0.1) is 0 Å². The topological polar surface area (TPSA) is 66.5 Å². The van der Waals surface area contributed by atoms with Gasteiger partial charge in [0.25, 0.3) is 0 Å². The summed E-state index contributed by atoms with van der Waals surface area (Å²) < 4.78 is 26.0. The van der Waals surface area contributed by atoms with E-state index in [1.54, 1.807) is 24.3 Å². The van der Waals surface area contributed by atoms with E-state index in [-0.39, 0.29) is 11.9 Å². The van der Waals surface area contributed by atoms with E-state index >= 15 is 0 Å². The van der Waals surface area contributed by atoms with Gasteiger partial charge in [-0.3, -0.25) is 9.10 Å². The lowest BCUT2D eigenvalue weighted by Gasteiger charge is -2.31. The summed E-state index contributed by atoms with van der Waals surface area (Å²) in [4.78, 5) is 12.9. The molecule has 0 aromatic heterocycles. The van der Waals surface area contributed by atoms with Crippen molar-refractivity contribution >= 4 is 21.6 Å². The van der Waals surface area contributed by atoms with Gasteiger partial charge in [0.15, 0.2) is 0 Å². The number of nitrogens with one attached hydrogen (secondary N) is 1. The van der Waals surface area contributed by atoms with E-state index in [4.69, 9.17) is 0 Å². The summed E-state index contributed by atoms with van der Waals surface area (Å²) in [5.74, 6) is -0.307. The number of hydrogen-bond acceptors (Lipinski definition) is 3. The summed E-state index contributed by atoms with van der Waals surface area (Å²) in [6.45, 7) is 5.81. The molecule has 0 aliphatic rings. The number of nitrogens with zero attached hydrogens (tertiary/aromatic N) is 1. The molecule has 2 aromatic carbocycles. The van der Waals surface area contributed by atoms with E-state index in [0.29, 0.717) is 12.1 Å². The van der Waals surface area contributed by atoms with Gasteiger partial charge in [-0.25, -0.2) is 8.42 Å². The van der Waals surface area contributed by atoms with Crippen molar-refractivity contribution in [1.29, 1.82) is 0 Å². The minimum Gasteiger partial charge on any atom is -0.348 e. The molecule has 2 rings (SSSR count). The third kappa shape index (κ3) is 5.32. The Morgan fingerprint density at radius 2 is 1.63 bits per heavy atom. The Kier molecular flexibility index (Phi) is 7.02. The third-order valence-electron chi connectivity index (χ3n) is 4.59. The molecule has 0 fully saturated rings. The molecule has 0 radical (unpaired) electrons. The summed E-state index contributed by atoms with van der Waals surface area (Å²) >= 11 is 0. The number of aryl methyl sites for hydroxylation is 1. The van der Waals surface area contributed by atoms with Gasteiger partial charge in [-0.1, -0.05) is 56.3 Å².